The molecule has 0 aromatic heterocycles. The summed E-state index contributed by atoms with van der Waals surface area (Å²) in [5.74, 6) is 2.01. The third-order valence-electron chi connectivity index (χ3n) is 5.42. The van der Waals surface area contributed by atoms with Crippen LogP contribution in [0.5, 0.6) is 23.0 Å². The lowest BCUT2D eigenvalue weighted by molar-refractivity contribution is -0.131. The van der Waals surface area contributed by atoms with Gasteiger partial charge in [0.2, 0.25) is 11.7 Å². The van der Waals surface area contributed by atoms with Crippen molar-refractivity contribution in [3.05, 3.63) is 47.5 Å². The van der Waals surface area contributed by atoms with E-state index < -0.39 is 0 Å². The standard InChI is InChI=1S/C24H30N2O6/c1-5-32-19-8-6-17(7-9-19)14-22(27)25-10-12-26(13-11-25)24(28)18-15-20(29-2)23(31-4)21(16-18)30-3/h6-9,15-16H,5,10-14H2,1-4H3. The van der Waals surface area contributed by atoms with Crippen LogP contribution in [0.4, 0.5) is 0 Å². The fraction of sp³-hybridized carbons (Fsp3) is 0.417. The van der Waals surface area contributed by atoms with Crippen LogP contribution in [0.25, 0.3) is 0 Å². The Bertz CT molecular complexity index is 911. The van der Waals surface area contributed by atoms with Gasteiger partial charge in [0, 0.05) is 31.7 Å². The Morgan fingerprint density at radius 3 is 1.91 bits per heavy atom. The van der Waals surface area contributed by atoms with Crippen LogP contribution in [0.15, 0.2) is 36.4 Å². The average Bonchev–Trinajstić information content (AvgIpc) is 2.84. The van der Waals surface area contributed by atoms with Crippen LogP contribution in [-0.4, -0.2) is 75.7 Å². The summed E-state index contributed by atoms with van der Waals surface area (Å²) in [5, 5.41) is 0. The number of benzene rings is 2. The Balaban J connectivity index is 1.60. The van der Waals surface area contributed by atoms with Crippen LogP contribution >= 0.6 is 0 Å². The molecule has 32 heavy (non-hydrogen) atoms. The third-order valence-corrected chi connectivity index (χ3v) is 5.42. The number of hydrogen-bond acceptors (Lipinski definition) is 6. The first kappa shape index (κ1) is 23.2. The Morgan fingerprint density at radius 2 is 1.41 bits per heavy atom. The smallest absolute Gasteiger partial charge is 0.254 e. The zero-order valence-corrected chi connectivity index (χ0v) is 19.1. The molecule has 1 aliphatic heterocycles. The van der Waals surface area contributed by atoms with Gasteiger partial charge in [-0.15, -0.1) is 0 Å². The molecule has 8 heteroatoms. The third kappa shape index (κ3) is 5.25. The van der Waals surface area contributed by atoms with E-state index in [1.807, 2.05) is 31.2 Å². The summed E-state index contributed by atoms with van der Waals surface area (Å²) >= 11 is 0. The number of carbonyl (C=O) groups is 2. The summed E-state index contributed by atoms with van der Waals surface area (Å²) < 4.78 is 21.5. The fourth-order valence-electron chi connectivity index (χ4n) is 3.70. The molecule has 1 fully saturated rings. The summed E-state index contributed by atoms with van der Waals surface area (Å²) in [6.07, 6.45) is 0.327. The molecule has 0 radical (unpaired) electrons. The molecule has 2 aromatic rings. The Labute approximate surface area is 188 Å². The van der Waals surface area contributed by atoms with Crippen LogP contribution < -0.4 is 18.9 Å². The van der Waals surface area contributed by atoms with Gasteiger partial charge >= 0.3 is 0 Å². The van der Waals surface area contributed by atoms with Crippen LogP contribution in [0, 0.1) is 0 Å². The molecule has 0 saturated carbocycles. The first-order valence-electron chi connectivity index (χ1n) is 10.6. The minimum atomic E-state index is -0.136. The van der Waals surface area contributed by atoms with Crippen LogP contribution in [-0.2, 0) is 11.2 Å². The predicted molar refractivity (Wildman–Crippen MR) is 120 cm³/mol. The van der Waals surface area contributed by atoms with Crippen molar-refractivity contribution in [3.8, 4) is 23.0 Å². The van der Waals surface area contributed by atoms with Gasteiger partial charge in [-0.05, 0) is 36.8 Å². The van der Waals surface area contributed by atoms with Crippen molar-refractivity contribution in [2.45, 2.75) is 13.3 Å². The second-order valence-corrected chi connectivity index (χ2v) is 7.34. The van der Waals surface area contributed by atoms with Gasteiger partial charge in [0.1, 0.15) is 5.75 Å². The number of hydrogen-bond donors (Lipinski definition) is 0. The highest BCUT2D eigenvalue weighted by Crippen LogP contribution is 2.38. The monoisotopic (exact) mass is 442 g/mol. The summed E-state index contributed by atoms with van der Waals surface area (Å²) in [6.45, 7) is 4.45. The van der Waals surface area contributed by atoms with Crippen molar-refractivity contribution in [1.29, 1.82) is 0 Å². The van der Waals surface area contributed by atoms with Crippen LogP contribution in [0.2, 0.25) is 0 Å². The van der Waals surface area contributed by atoms with Crippen molar-refractivity contribution in [3.63, 3.8) is 0 Å². The van der Waals surface area contributed by atoms with Gasteiger partial charge in [-0.3, -0.25) is 9.59 Å². The lowest BCUT2D eigenvalue weighted by atomic mass is 10.1. The van der Waals surface area contributed by atoms with Gasteiger partial charge in [0.05, 0.1) is 34.4 Å². The summed E-state index contributed by atoms with van der Waals surface area (Å²) in [4.78, 5) is 29.3. The molecular formula is C24H30N2O6. The van der Waals surface area contributed by atoms with Crippen molar-refractivity contribution < 1.29 is 28.5 Å². The normalized spacial score (nSPS) is 13.5. The van der Waals surface area contributed by atoms with E-state index in [0.717, 1.165) is 11.3 Å². The minimum Gasteiger partial charge on any atom is -0.494 e. The maximum absolute atomic E-state index is 13.0. The van der Waals surface area contributed by atoms with Crippen molar-refractivity contribution >= 4 is 11.8 Å². The molecule has 1 heterocycles. The van der Waals surface area contributed by atoms with E-state index in [2.05, 4.69) is 0 Å². The largest absolute Gasteiger partial charge is 0.494 e. The highest BCUT2D eigenvalue weighted by molar-refractivity contribution is 5.96. The number of carbonyl (C=O) groups excluding carboxylic acids is 2. The number of amides is 2. The van der Waals surface area contributed by atoms with E-state index in [-0.39, 0.29) is 11.8 Å². The number of ether oxygens (including phenoxy) is 4. The maximum Gasteiger partial charge on any atom is 0.254 e. The topological polar surface area (TPSA) is 77.5 Å². The summed E-state index contributed by atoms with van der Waals surface area (Å²) in [5.41, 5.74) is 1.39. The van der Waals surface area contributed by atoms with Crippen LogP contribution in [0.3, 0.4) is 0 Å². The van der Waals surface area contributed by atoms with Gasteiger partial charge in [-0.2, -0.15) is 0 Å². The van der Waals surface area contributed by atoms with Crippen molar-refractivity contribution in [2.75, 3.05) is 54.1 Å². The summed E-state index contributed by atoms with van der Waals surface area (Å²) in [7, 11) is 4.55. The summed E-state index contributed by atoms with van der Waals surface area (Å²) in [6, 6.07) is 10.9. The van der Waals surface area contributed by atoms with E-state index >= 15 is 0 Å². The second kappa shape index (κ2) is 10.7. The molecule has 8 nitrogen and oxygen atoms in total. The predicted octanol–water partition coefficient (Wildman–Crippen LogP) is 2.64. The molecule has 2 amide bonds. The molecule has 0 atom stereocenters. The molecule has 3 rings (SSSR count). The molecule has 1 aliphatic rings. The molecule has 0 aliphatic carbocycles. The lowest BCUT2D eigenvalue weighted by Crippen LogP contribution is -2.51. The lowest BCUT2D eigenvalue weighted by Gasteiger charge is -2.35. The van der Waals surface area contributed by atoms with Gasteiger partial charge in [-0.1, -0.05) is 12.1 Å². The maximum atomic E-state index is 13.0. The molecule has 2 aromatic carbocycles. The number of rotatable bonds is 8. The molecule has 0 N–H and O–H groups in total. The molecular weight excluding hydrogens is 412 g/mol. The highest BCUT2D eigenvalue weighted by Gasteiger charge is 2.26. The van der Waals surface area contributed by atoms with E-state index in [1.54, 1.807) is 21.9 Å². The van der Waals surface area contributed by atoms with Crippen molar-refractivity contribution in [2.24, 2.45) is 0 Å². The average molecular weight is 443 g/mol. The highest BCUT2D eigenvalue weighted by atomic mass is 16.5. The minimum absolute atomic E-state index is 0.0500. The van der Waals surface area contributed by atoms with E-state index in [0.29, 0.717) is 62.0 Å². The molecule has 0 bridgehead atoms. The number of nitrogens with zero attached hydrogens (tertiary/aromatic N) is 2. The van der Waals surface area contributed by atoms with Crippen LogP contribution in [0.1, 0.15) is 22.8 Å². The number of piperazine rings is 1. The van der Waals surface area contributed by atoms with Gasteiger partial charge in [0.15, 0.2) is 11.5 Å². The van der Waals surface area contributed by atoms with E-state index in [1.165, 1.54) is 21.3 Å². The van der Waals surface area contributed by atoms with Gasteiger partial charge in [0.25, 0.3) is 5.91 Å². The molecule has 0 unspecified atom stereocenters. The van der Waals surface area contributed by atoms with Gasteiger partial charge in [-0.25, -0.2) is 0 Å². The SMILES string of the molecule is CCOc1ccc(CC(=O)N2CCN(C(=O)c3cc(OC)c(OC)c(OC)c3)CC2)cc1. The Kier molecular flexibility index (Phi) is 7.81. The fourth-order valence-corrected chi connectivity index (χ4v) is 3.70. The zero-order chi connectivity index (χ0) is 23.1. The molecule has 0 spiro atoms. The van der Waals surface area contributed by atoms with E-state index in [4.69, 9.17) is 18.9 Å². The van der Waals surface area contributed by atoms with Crippen molar-refractivity contribution in [1.82, 2.24) is 9.80 Å². The molecule has 1 saturated heterocycles. The first-order chi connectivity index (χ1) is 15.5. The first-order valence-corrected chi connectivity index (χ1v) is 10.6. The van der Waals surface area contributed by atoms with E-state index in [9.17, 15) is 9.59 Å². The second-order valence-electron chi connectivity index (χ2n) is 7.34. The quantitative estimate of drug-likeness (QED) is 0.626. The Morgan fingerprint density at radius 1 is 0.844 bits per heavy atom. The molecule has 172 valence electrons. The Hall–Kier alpha value is -3.42. The van der Waals surface area contributed by atoms with Gasteiger partial charge < -0.3 is 28.7 Å². The zero-order valence-electron chi connectivity index (χ0n) is 19.1. The number of methoxy groups -OCH3 is 3.